The van der Waals surface area contributed by atoms with Crippen molar-refractivity contribution in [3.63, 3.8) is 0 Å². The number of anilines is 1. The first kappa shape index (κ1) is 11.7. The van der Waals surface area contributed by atoms with Gasteiger partial charge in [-0.1, -0.05) is 6.92 Å². The van der Waals surface area contributed by atoms with Gasteiger partial charge >= 0.3 is 0 Å². The van der Waals surface area contributed by atoms with Gasteiger partial charge in [0.25, 0.3) is 0 Å². The molecule has 0 aromatic carbocycles. The van der Waals surface area contributed by atoms with Gasteiger partial charge in [0, 0.05) is 11.3 Å². The van der Waals surface area contributed by atoms with Gasteiger partial charge < -0.3 is 5.32 Å². The summed E-state index contributed by atoms with van der Waals surface area (Å²) in [5, 5.41) is 19.8. The Hall–Kier alpha value is -1.37. The third-order valence-corrected chi connectivity index (χ3v) is 4.44. The van der Waals surface area contributed by atoms with Gasteiger partial charge in [-0.25, -0.2) is 0 Å². The molecule has 1 aliphatic rings. The molecule has 0 aliphatic heterocycles. The largest absolute Gasteiger partial charge is 0.366 e. The van der Waals surface area contributed by atoms with E-state index < -0.39 is 0 Å². The fourth-order valence-electron chi connectivity index (χ4n) is 2.39. The van der Waals surface area contributed by atoms with E-state index in [9.17, 15) is 0 Å². The summed E-state index contributed by atoms with van der Waals surface area (Å²) >= 11 is 2.06. The van der Waals surface area contributed by atoms with Crippen LogP contribution in [0.1, 0.15) is 26.2 Å². The maximum atomic E-state index is 4.33. The lowest BCUT2D eigenvalue weighted by molar-refractivity contribution is 0.710. The van der Waals surface area contributed by atoms with E-state index in [4.69, 9.17) is 0 Å². The number of hydrogen-bond donors (Lipinski definition) is 1. The topological polar surface area (TPSA) is 68.0 Å². The standard InChI is InChI=1S/C11H16N6S/c1-2-18-9-4-3-8(7-9)12-10-5-6-11-13-15-16-17(11)14-10/h5-6,8-9H,2-4,7H2,1H3,(H,12,14). The van der Waals surface area contributed by atoms with Crippen molar-refractivity contribution >= 4 is 23.2 Å². The van der Waals surface area contributed by atoms with E-state index in [1.165, 1.54) is 29.6 Å². The molecule has 3 rings (SSSR count). The monoisotopic (exact) mass is 264 g/mol. The quantitative estimate of drug-likeness (QED) is 0.904. The fourth-order valence-corrected chi connectivity index (χ4v) is 3.54. The molecule has 6 nitrogen and oxygen atoms in total. The number of aromatic nitrogens is 5. The molecule has 7 heteroatoms. The Morgan fingerprint density at radius 1 is 1.44 bits per heavy atom. The Labute approximate surface area is 110 Å². The molecule has 0 spiro atoms. The molecule has 2 aromatic rings. The van der Waals surface area contributed by atoms with Crippen LogP contribution in [0.4, 0.5) is 5.82 Å². The van der Waals surface area contributed by atoms with Crippen LogP contribution in [-0.4, -0.2) is 42.3 Å². The Bertz CT molecular complexity index is 527. The average molecular weight is 264 g/mol. The van der Waals surface area contributed by atoms with Crippen molar-refractivity contribution in [3.8, 4) is 0 Å². The molecule has 1 N–H and O–H groups in total. The molecule has 0 saturated heterocycles. The van der Waals surface area contributed by atoms with E-state index in [0.29, 0.717) is 11.7 Å². The molecule has 18 heavy (non-hydrogen) atoms. The minimum atomic E-state index is 0.524. The van der Waals surface area contributed by atoms with E-state index in [-0.39, 0.29) is 0 Å². The second-order valence-corrected chi connectivity index (χ2v) is 6.05. The van der Waals surface area contributed by atoms with Gasteiger partial charge in [-0.3, -0.25) is 0 Å². The predicted octanol–water partition coefficient (Wildman–Crippen LogP) is 1.61. The van der Waals surface area contributed by atoms with Crippen molar-refractivity contribution < 1.29 is 0 Å². The lowest BCUT2D eigenvalue weighted by atomic mass is 10.2. The van der Waals surface area contributed by atoms with Crippen molar-refractivity contribution in [3.05, 3.63) is 12.1 Å². The van der Waals surface area contributed by atoms with Crippen LogP contribution >= 0.6 is 11.8 Å². The highest BCUT2D eigenvalue weighted by Gasteiger charge is 2.24. The molecule has 0 amide bonds. The zero-order chi connectivity index (χ0) is 12.4. The van der Waals surface area contributed by atoms with Gasteiger partial charge in [0.15, 0.2) is 5.65 Å². The Balaban J connectivity index is 1.65. The molecule has 1 saturated carbocycles. The van der Waals surface area contributed by atoms with Crippen LogP contribution in [0, 0.1) is 0 Å². The molecule has 1 aliphatic carbocycles. The zero-order valence-electron chi connectivity index (χ0n) is 10.3. The summed E-state index contributed by atoms with van der Waals surface area (Å²) in [6.07, 6.45) is 3.73. The number of nitrogens with one attached hydrogen (secondary N) is 1. The summed E-state index contributed by atoms with van der Waals surface area (Å²) in [4.78, 5) is 0. The van der Waals surface area contributed by atoms with E-state index in [1.54, 1.807) is 0 Å². The lowest BCUT2D eigenvalue weighted by Crippen LogP contribution is -2.17. The van der Waals surface area contributed by atoms with Crippen LogP contribution in [0.2, 0.25) is 0 Å². The van der Waals surface area contributed by atoms with Crippen molar-refractivity contribution in [1.29, 1.82) is 0 Å². The molecule has 2 heterocycles. The predicted molar refractivity (Wildman–Crippen MR) is 71.8 cm³/mol. The summed E-state index contributed by atoms with van der Waals surface area (Å²) in [6.45, 7) is 2.22. The van der Waals surface area contributed by atoms with Crippen LogP contribution in [-0.2, 0) is 0 Å². The van der Waals surface area contributed by atoms with Crippen LogP contribution in [0.3, 0.4) is 0 Å². The first-order chi connectivity index (χ1) is 8.85. The molecule has 0 bridgehead atoms. The highest BCUT2D eigenvalue weighted by Crippen LogP contribution is 2.31. The summed E-state index contributed by atoms with van der Waals surface area (Å²) in [5.74, 6) is 2.05. The van der Waals surface area contributed by atoms with Crippen molar-refractivity contribution in [2.75, 3.05) is 11.1 Å². The molecular weight excluding hydrogens is 248 g/mol. The molecule has 1 fully saturated rings. The molecule has 2 unspecified atom stereocenters. The highest BCUT2D eigenvalue weighted by molar-refractivity contribution is 7.99. The minimum absolute atomic E-state index is 0.524. The average Bonchev–Trinajstić information content (AvgIpc) is 2.98. The summed E-state index contributed by atoms with van der Waals surface area (Å²) < 4.78 is 1.45. The van der Waals surface area contributed by atoms with Crippen molar-refractivity contribution in [1.82, 2.24) is 25.3 Å². The molecule has 96 valence electrons. The van der Waals surface area contributed by atoms with Crippen LogP contribution < -0.4 is 5.32 Å². The smallest absolute Gasteiger partial charge is 0.200 e. The number of hydrogen-bond acceptors (Lipinski definition) is 6. The van der Waals surface area contributed by atoms with Gasteiger partial charge in [0.2, 0.25) is 0 Å². The van der Waals surface area contributed by atoms with E-state index in [1.807, 2.05) is 12.1 Å². The van der Waals surface area contributed by atoms with Crippen LogP contribution in [0.25, 0.3) is 5.65 Å². The fraction of sp³-hybridized carbons (Fsp3) is 0.636. The number of rotatable bonds is 4. The number of fused-ring (bicyclic) bond motifs is 1. The summed E-state index contributed by atoms with van der Waals surface area (Å²) in [6, 6.07) is 4.34. The minimum Gasteiger partial charge on any atom is -0.366 e. The van der Waals surface area contributed by atoms with Gasteiger partial charge in [-0.15, -0.1) is 14.8 Å². The van der Waals surface area contributed by atoms with Crippen LogP contribution in [0.5, 0.6) is 0 Å². The number of nitrogens with zero attached hydrogens (tertiary/aromatic N) is 5. The maximum Gasteiger partial charge on any atom is 0.200 e. The molecular formula is C11H16N6S. The van der Waals surface area contributed by atoms with Gasteiger partial charge in [-0.2, -0.15) is 11.8 Å². The van der Waals surface area contributed by atoms with Crippen molar-refractivity contribution in [2.45, 2.75) is 37.5 Å². The normalized spacial score (nSPS) is 23.6. The maximum absolute atomic E-state index is 4.33. The lowest BCUT2D eigenvalue weighted by Gasteiger charge is -2.13. The first-order valence-electron chi connectivity index (χ1n) is 6.28. The Morgan fingerprint density at radius 2 is 2.39 bits per heavy atom. The van der Waals surface area contributed by atoms with Crippen LogP contribution in [0.15, 0.2) is 12.1 Å². The molecule has 2 atom stereocenters. The van der Waals surface area contributed by atoms with Gasteiger partial charge in [-0.05, 0) is 47.6 Å². The Morgan fingerprint density at radius 3 is 3.28 bits per heavy atom. The van der Waals surface area contributed by atoms with E-state index in [2.05, 4.69) is 44.6 Å². The second-order valence-electron chi connectivity index (χ2n) is 4.48. The molecule has 2 aromatic heterocycles. The summed E-state index contributed by atoms with van der Waals surface area (Å²) in [7, 11) is 0. The first-order valence-corrected chi connectivity index (χ1v) is 7.33. The number of thioether (sulfide) groups is 1. The van der Waals surface area contributed by atoms with E-state index in [0.717, 1.165) is 11.1 Å². The third-order valence-electron chi connectivity index (χ3n) is 3.21. The number of tetrazole rings is 1. The van der Waals surface area contributed by atoms with E-state index >= 15 is 0 Å². The Kier molecular flexibility index (Phi) is 3.31. The second kappa shape index (κ2) is 5.09. The SMILES string of the molecule is CCSC1CCC(Nc2ccc3nnnn3n2)C1. The zero-order valence-corrected chi connectivity index (χ0v) is 11.1. The third kappa shape index (κ3) is 2.40. The van der Waals surface area contributed by atoms with Crippen molar-refractivity contribution in [2.24, 2.45) is 0 Å². The highest BCUT2D eigenvalue weighted by atomic mass is 32.2. The van der Waals surface area contributed by atoms with Gasteiger partial charge in [0.05, 0.1) is 0 Å². The van der Waals surface area contributed by atoms with Gasteiger partial charge in [0.1, 0.15) is 5.82 Å². The molecule has 0 radical (unpaired) electrons. The summed E-state index contributed by atoms with van der Waals surface area (Å²) in [5.41, 5.74) is 0.673.